The van der Waals surface area contributed by atoms with Crippen LogP contribution in [-0.4, -0.2) is 33.3 Å². The van der Waals surface area contributed by atoms with Gasteiger partial charge in [-0.1, -0.05) is 42.0 Å². The van der Waals surface area contributed by atoms with Gasteiger partial charge in [-0.15, -0.1) is 0 Å². The van der Waals surface area contributed by atoms with Crippen molar-refractivity contribution in [2.45, 2.75) is 6.92 Å². The molecule has 0 saturated heterocycles. The topological polar surface area (TPSA) is 40.1 Å². The Hall–Kier alpha value is -0.908. The minimum absolute atomic E-state index is 0. The Labute approximate surface area is 108 Å². The van der Waals surface area contributed by atoms with Crippen molar-refractivity contribution in [3.8, 4) is 0 Å². The van der Waals surface area contributed by atoms with E-state index in [9.17, 15) is 9.90 Å². The first-order chi connectivity index (χ1) is 6.68. The van der Waals surface area contributed by atoms with Gasteiger partial charge in [0.25, 0.3) is 0 Å². The van der Waals surface area contributed by atoms with E-state index in [2.05, 4.69) is 0 Å². The zero-order chi connectivity index (χ0) is 10.1. The maximum Gasteiger partial charge on any atom is 1.00 e. The van der Waals surface area contributed by atoms with Crippen LogP contribution in [0.4, 0.5) is 0 Å². The number of benzene rings is 2. The average Bonchev–Trinajstić information content (AvgIpc) is 2.16. The third-order valence-corrected chi connectivity index (χ3v) is 2.26. The molecule has 2 aromatic rings. The van der Waals surface area contributed by atoms with Crippen LogP contribution in [0.25, 0.3) is 10.8 Å². The van der Waals surface area contributed by atoms with Gasteiger partial charge in [-0.3, -0.25) is 0 Å². The van der Waals surface area contributed by atoms with Crippen LogP contribution < -0.4 is 5.11 Å². The van der Waals surface area contributed by atoms with Gasteiger partial charge in [-0.05, 0) is 17.7 Å². The van der Waals surface area contributed by atoms with Crippen LogP contribution >= 0.6 is 0 Å². The molecule has 2 rings (SSSR count). The van der Waals surface area contributed by atoms with Gasteiger partial charge < -0.3 is 9.90 Å². The van der Waals surface area contributed by atoms with Crippen molar-refractivity contribution in [1.82, 2.24) is 0 Å². The van der Waals surface area contributed by atoms with Crippen molar-refractivity contribution in [3.05, 3.63) is 47.5 Å². The van der Waals surface area contributed by atoms with Crippen molar-refractivity contribution in [1.29, 1.82) is 0 Å². The van der Waals surface area contributed by atoms with E-state index < -0.39 is 5.97 Å². The number of fused-ring (bicyclic) bond motifs is 1. The monoisotopic (exact) mass is 390 g/mol. The fourth-order valence-electron chi connectivity index (χ4n) is 1.58. The van der Waals surface area contributed by atoms with Crippen LogP contribution in [0, 0.1) is 6.92 Å². The van der Waals surface area contributed by atoms with E-state index in [1.165, 1.54) is 0 Å². The first kappa shape index (κ1) is 12.2. The minimum Gasteiger partial charge on any atom is -0.545 e. The Balaban J connectivity index is 0.00000112. The molecule has 0 aromatic heterocycles. The SMILES string of the molecule is Cc1ccc2c(C(=O)[O-])cccc2c1.[Tl+]. The molecule has 0 radical (unpaired) electrons. The molecule has 0 unspecified atom stereocenters. The number of carboxylic acid groups (broad SMARTS) is 1. The number of carbonyl (C=O) groups is 1. The molecule has 0 saturated carbocycles. The molecule has 0 aliphatic heterocycles. The quantitative estimate of drug-likeness (QED) is 0.686. The molecule has 0 aliphatic carbocycles. The van der Waals surface area contributed by atoms with Gasteiger partial charge in [-0.25, -0.2) is 0 Å². The summed E-state index contributed by atoms with van der Waals surface area (Å²) in [4.78, 5) is 10.8. The summed E-state index contributed by atoms with van der Waals surface area (Å²) in [5, 5.41) is 12.5. The second-order valence-corrected chi connectivity index (χ2v) is 3.32. The van der Waals surface area contributed by atoms with Gasteiger partial charge in [0.2, 0.25) is 0 Å². The molecule has 2 aromatic carbocycles. The first-order valence-electron chi connectivity index (χ1n) is 4.39. The van der Waals surface area contributed by atoms with E-state index >= 15 is 0 Å². The number of carboxylic acids is 1. The fourth-order valence-corrected chi connectivity index (χ4v) is 1.58. The number of rotatable bonds is 1. The van der Waals surface area contributed by atoms with Crippen molar-refractivity contribution in [2.75, 3.05) is 0 Å². The van der Waals surface area contributed by atoms with Gasteiger partial charge in [0.15, 0.2) is 0 Å². The van der Waals surface area contributed by atoms with Gasteiger partial charge in [0.1, 0.15) is 0 Å². The summed E-state index contributed by atoms with van der Waals surface area (Å²) < 4.78 is 0. The molecular formula is C12H9O2Tl. The number of hydrogen-bond acceptors (Lipinski definition) is 2. The van der Waals surface area contributed by atoms with E-state index in [1.54, 1.807) is 12.1 Å². The van der Waals surface area contributed by atoms with Gasteiger partial charge in [0, 0.05) is 5.56 Å². The third-order valence-electron chi connectivity index (χ3n) is 2.26. The average molecular weight is 390 g/mol. The first-order valence-corrected chi connectivity index (χ1v) is 4.39. The van der Waals surface area contributed by atoms with Crippen LogP contribution in [0.5, 0.6) is 0 Å². The summed E-state index contributed by atoms with van der Waals surface area (Å²) in [7, 11) is 0. The van der Waals surface area contributed by atoms with Crippen molar-refractivity contribution in [2.24, 2.45) is 0 Å². The van der Waals surface area contributed by atoms with Gasteiger partial charge >= 0.3 is 27.3 Å². The summed E-state index contributed by atoms with van der Waals surface area (Å²) in [6.07, 6.45) is 0. The van der Waals surface area contributed by atoms with Crippen LogP contribution in [-0.2, 0) is 0 Å². The van der Waals surface area contributed by atoms with Crippen molar-refractivity contribution >= 4 is 44.0 Å². The second-order valence-electron chi connectivity index (χ2n) is 3.32. The normalized spacial score (nSPS) is 9.67. The standard InChI is InChI=1S/C12H10O2.Tl/c1-8-5-6-10-9(7-8)3-2-4-11(10)12(13)14;/h2-7H,1H3,(H,13,14);/q;+1/p-1. The van der Waals surface area contributed by atoms with Crippen LogP contribution in [0.3, 0.4) is 0 Å². The molecule has 0 heterocycles. The van der Waals surface area contributed by atoms with Gasteiger partial charge in [0.05, 0.1) is 5.97 Å². The van der Waals surface area contributed by atoms with E-state index in [-0.39, 0.29) is 32.9 Å². The Morgan fingerprint density at radius 2 is 1.93 bits per heavy atom. The summed E-state index contributed by atoms with van der Waals surface area (Å²) in [5.74, 6) is -1.13. The molecule has 0 fully saturated rings. The number of carbonyl (C=O) groups excluding carboxylic acids is 1. The molecule has 2 nitrogen and oxygen atoms in total. The maximum atomic E-state index is 10.8. The molecule has 0 N–H and O–H groups in total. The van der Waals surface area contributed by atoms with Crippen LogP contribution in [0.1, 0.15) is 15.9 Å². The van der Waals surface area contributed by atoms with Crippen molar-refractivity contribution < 1.29 is 9.90 Å². The van der Waals surface area contributed by atoms with E-state index in [0.717, 1.165) is 16.3 Å². The minimum atomic E-state index is -1.13. The Morgan fingerprint density at radius 1 is 1.20 bits per heavy atom. The Morgan fingerprint density at radius 3 is 2.60 bits per heavy atom. The molecule has 3 heteroatoms. The maximum absolute atomic E-state index is 10.8. The zero-order valence-corrected chi connectivity index (χ0v) is 12.8. The zero-order valence-electron chi connectivity index (χ0n) is 8.36. The predicted octanol–water partition coefficient (Wildman–Crippen LogP) is 1.13. The molecule has 0 spiro atoms. The van der Waals surface area contributed by atoms with E-state index in [1.807, 2.05) is 31.2 Å². The summed E-state index contributed by atoms with van der Waals surface area (Å²) in [6.45, 7) is 1.98. The molecule has 72 valence electrons. The van der Waals surface area contributed by atoms with Gasteiger partial charge in [-0.2, -0.15) is 0 Å². The smallest absolute Gasteiger partial charge is 0.545 e. The summed E-state index contributed by atoms with van der Waals surface area (Å²) in [6, 6.07) is 10.9. The third kappa shape index (κ3) is 2.37. The number of aromatic carboxylic acids is 1. The second kappa shape index (κ2) is 4.74. The predicted molar refractivity (Wildman–Crippen MR) is 58.8 cm³/mol. The molecule has 0 amide bonds. The molecular weight excluding hydrogens is 381 g/mol. The number of hydrogen-bond donors (Lipinski definition) is 0. The van der Waals surface area contributed by atoms with Crippen LogP contribution in [0.2, 0.25) is 0 Å². The fraction of sp³-hybridized carbons (Fsp3) is 0.0833. The molecule has 0 atom stereocenters. The largest absolute Gasteiger partial charge is 1.00 e. The Bertz CT molecular complexity index is 506. The van der Waals surface area contributed by atoms with E-state index in [4.69, 9.17) is 0 Å². The van der Waals surface area contributed by atoms with Crippen LogP contribution in [0.15, 0.2) is 36.4 Å². The molecule has 15 heavy (non-hydrogen) atoms. The van der Waals surface area contributed by atoms with E-state index in [0.29, 0.717) is 0 Å². The summed E-state index contributed by atoms with van der Waals surface area (Å²) in [5.41, 5.74) is 1.37. The summed E-state index contributed by atoms with van der Waals surface area (Å²) >= 11 is 0. The molecule has 0 bridgehead atoms. The molecule has 0 aliphatic rings. The Kier molecular flexibility index (Phi) is 3.85. The number of aryl methyl sites for hydroxylation is 1. The van der Waals surface area contributed by atoms with Crippen molar-refractivity contribution in [3.63, 3.8) is 0 Å².